The van der Waals surface area contributed by atoms with Gasteiger partial charge in [0.25, 0.3) is 0 Å². The first kappa shape index (κ1) is 11.6. The molecule has 2 rings (SSSR count). The van der Waals surface area contributed by atoms with E-state index in [9.17, 15) is 0 Å². The zero-order valence-electron chi connectivity index (χ0n) is 9.07. The van der Waals surface area contributed by atoms with Crippen LogP contribution in [-0.2, 0) is 0 Å². The molecule has 1 aromatic rings. The fraction of sp³-hybridized carbons (Fsp3) is 0.583. The van der Waals surface area contributed by atoms with Crippen molar-refractivity contribution in [1.29, 1.82) is 10.5 Å². The van der Waals surface area contributed by atoms with Crippen LogP contribution in [0.2, 0.25) is 0 Å². The molecular formula is C12H13N2PS. The van der Waals surface area contributed by atoms with Crippen molar-refractivity contribution in [2.24, 2.45) is 0 Å². The minimum atomic E-state index is 0.542. The molecule has 1 fully saturated rings. The van der Waals surface area contributed by atoms with Crippen LogP contribution >= 0.6 is 18.3 Å². The average molecular weight is 248 g/mol. The highest BCUT2D eigenvalue weighted by molar-refractivity contribution is 7.81. The van der Waals surface area contributed by atoms with E-state index in [1.54, 1.807) is 10.9 Å². The molecule has 1 aliphatic carbocycles. The monoisotopic (exact) mass is 248 g/mol. The normalized spacial score (nSPS) is 17.9. The summed E-state index contributed by atoms with van der Waals surface area (Å²) in [6.07, 6.45) is 7.58. The molecule has 0 spiro atoms. The molecule has 0 saturated heterocycles. The molecule has 0 atom stereocenters. The summed E-state index contributed by atoms with van der Waals surface area (Å²) in [5.74, 6) is 0.542. The predicted molar refractivity (Wildman–Crippen MR) is 66.7 cm³/mol. The molecule has 2 nitrogen and oxygen atoms in total. The lowest BCUT2D eigenvalue weighted by Crippen LogP contribution is -1.97. The summed E-state index contributed by atoms with van der Waals surface area (Å²) in [5, 5.41) is 18.7. The van der Waals surface area contributed by atoms with Crippen LogP contribution in [0.15, 0.2) is 0 Å². The van der Waals surface area contributed by atoms with Crippen molar-refractivity contribution in [3.05, 3.63) is 15.7 Å². The van der Waals surface area contributed by atoms with Gasteiger partial charge in [-0.2, -0.15) is 10.5 Å². The van der Waals surface area contributed by atoms with Crippen molar-refractivity contribution in [3.8, 4) is 12.1 Å². The number of hydrogen-bond acceptors (Lipinski definition) is 3. The third-order valence-electron chi connectivity index (χ3n) is 3.16. The maximum atomic E-state index is 9.14. The van der Waals surface area contributed by atoms with Crippen molar-refractivity contribution in [1.82, 2.24) is 0 Å². The second-order valence-electron chi connectivity index (χ2n) is 4.18. The Hall–Kier alpha value is -0.890. The minimum absolute atomic E-state index is 0.542. The molecule has 4 heteroatoms. The minimum Gasteiger partial charge on any atom is -0.192 e. The molecule has 1 aliphatic rings. The Morgan fingerprint density at radius 1 is 1.06 bits per heavy atom. The highest BCUT2D eigenvalue weighted by atomic mass is 32.5. The van der Waals surface area contributed by atoms with Gasteiger partial charge in [-0.25, -0.2) is 0 Å². The second-order valence-corrected chi connectivity index (χ2v) is 6.53. The van der Waals surface area contributed by atoms with Crippen LogP contribution in [-0.4, -0.2) is 0 Å². The van der Waals surface area contributed by atoms with Gasteiger partial charge in [-0.05, 0) is 18.8 Å². The summed E-state index contributed by atoms with van der Waals surface area (Å²) in [7, 11) is 2.66. The fourth-order valence-electron chi connectivity index (χ4n) is 2.31. The third kappa shape index (κ3) is 2.27. The smallest absolute Gasteiger partial charge is 0.108 e. The van der Waals surface area contributed by atoms with Gasteiger partial charge in [-0.3, -0.25) is 0 Å². The maximum absolute atomic E-state index is 9.14. The Bertz CT molecular complexity index is 445. The molecule has 16 heavy (non-hydrogen) atoms. The van der Waals surface area contributed by atoms with Crippen molar-refractivity contribution < 1.29 is 0 Å². The summed E-state index contributed by atoms with van der Waals surface area (Å²) in [5.41, 5.74) is 0.682. The topological polar surface area (TPSA) is 47.6 Å². The van der Waals surface area contributed by atoms with Crippen LogP contribution in [0.3, 0.4) is 0 Å². The first-order valence-corrected chi connectivity index (χ1v) is 7.98. The molecule has 0 bridgehead atoms. The Morgan fingerprint density at radius 3 is 2.31 bits per heavy atom. The SMILES string of the molecule is N#Cc1psc(C2CCCCCC2)c1C#N. The third-order valence-corrected chi connectivity index (χ3v) is 5.91. The maximum Gasteiger partial charge on any atom is 0.108 e. The molecule has 1 heterocycles. The van der Waals surface area contributed by atoms with E-state index in [1.807, 2.05) is 0 Å². The molecule has 1 saturated carbocycles. The largest absolute Gasteiger partial charge is 0.192 e. The summed E-state index contributed by atoms with van der Waals surface area (Å²) >= 11 is 0. The fourth-order valence-corrected chi connectivity index (χ4v) is 5.19. The van der Waals surface area contributed by atoms with Crippen LogP contribution in [0, 0.1) is 22.7 Å². The Morgan fingerprint density at radius 2 is 1.75 bits per heavy atom. The van der Waals surface area contributed by atoms with Gasteiger partial charge < -0.3 is 0 Å². The highest BCUT2D eigenvalue weighted by Gasteiger charge is 2.21. The molecule has 0 unspecified atom stereocenters. The van der Waals surface area contributed by atoms with Gasteiger partial charge in [0.05, 0.1) is 5.56 Å². The van der Waals surface area contributed by atoms with Crippen LogP contribution in [0.25, 0.3) is 0 Å². The van der Waals surface area contributed by atoms with Crippen LogP contribution in [0.1, 0.15) is 60.2 Å². The van der Waals surface area contributed by atoms with E-state index in [4.69, 9.17) is 10.5 Å². The summed E-state index contributed by atoms with van der Waals surface area (Å²) < 4.78 is 0. The Kier molecular flexibility index (Phi) is 3.94. The number of nitriles is 2. The van der Waals surface area contributed by atoms with Crippen molar-refractivity contribution in [2.75, 3.05) is 0 Å². The zero-order chi connectivity index (χ0) is 11.4. The Balaban J connectivity index is 2.29. The lowest BCUT2D eigenvalue weighted by atomic mass is 9.96. The Labute approximate surface area is 101 Å². The molecule has 0 N–H and O–H groups in total. The number of rotatable bonds is 1. The van der Waals surface area contributed by atoms with Gasteiger partial charge in [-0.1, -0.05) is 25.7 Å². The van der Waals surface area contributed by atoms with Gasteiger partial charge in [0.1, 0.15) is 17.4 Å². The van der Waals surface area contributed by atoms with Gasteiger partial charge in [0, 0.05) is 12.2 Å². The van der Waals surface area contributed by atoms with Gasteiger partial charge in [-0.15, -0.1) is 10.9 Å². The molecule has 0 radical (unpaired) electrons. The van der Waals surface area contributed by atoms with E-state index < -0.39 is 0 Å². The summed E-state index contributed by atoms with van der Waals surface area (Å²) in [4.78, 5) is 1.20. The van der Waals surface area contributed by atoms with Crippen molar-refractivity contribution >= 4 is 18.3 Å². The quantitative estimate of drug-likeness (QED) is 0.686. The van der Waals surface area contributed by atoms with Crippen molar-refractivity contribution in [2.45, 2.75) is 44.4 Å². The highest BCUT2D eigenvalue weighted by Crippen LogP contribution is 2.42. The molecule has 0 amide bonds. The average Bonchev–Trinajstić information content (AvgIpc) is 2.54. The summed E-state index contributed by atoms with van der Waals surface area (Å²) in [6.45, 7) is 0. The molecule has 0 aliphatic heterocycles. The van der Waals surface area contributed by atoms with E-state index in [1.165, 1.54) is 43.4 Å². The van der Waals surface area contributed by atoms with Gasteiger partial charge in [0.15, 0.2) is 0 Å². The van der Waals surface area contributed by atoms with Crippen LogP contribution < -0.4 is 0 Å². The van der Waals surface area contributed by atoms with E-state index in [-0.39, 0.29) is 0 Å². The first-order valence-electron chi connectivity index (χ1n) is 5.66. The first-order chi connectivity index (χ1) is 7.86. The molecular weight excluding hydrogens is 235 g/mol. The van der Waals surface area contributed by atoms with E-state index in [0.29, 0.717) is 16.8 Å². The number of hydrogen-bond donors (Lipinski definition) is 0. The molecule has 82 valence electrons. The van der Waals surface area contributed by atoms with E-state index in [2.05, 4.69) is 12.1 Å². The molecule has 1 aromatic heterocycles. The van der Waals surface area contributed by atoms with Gasteiger partial charge >= 0.3 is 0 Å². The molecule has 0 aromatic carbocycles. The van der Waals surface area contributed by atoms with E-state index >= 15 is 0 Å². The number of nitrogens with zero attached hydrogens (tertiary/aromatic N) is 2. The predicted octanol–water partition coefficient (Wildman–Crippen LogP) is 4.51. The van der Waals surface area contributed by atoms with Crippen LogP contribution in [0.4, 0.5) is 0 Å². The van der Waals surface area contributed by atoms with Gasteiger partial charge in [0.2, 0.25) is 0 Å². The lowest BCUT2D eigenvalue weighted by Gasteiger charge is -2.11. The second kappa shape index (κ2) is 5.44. The van der Waals surface area contributed by atoms with E-state index in [0.717, 1.165) is 7.37 Å². The lowest BCUT2D eigenvalue weighted by molar-refractivity contribution is 0.600. The summed E-state index contributed by atoms with van der Waals surface area (Å²) in [6, 6.07) is 4.38. The standard InChI is InChI=1S/C12H13N2PS/c13-7-10-11(8-14)15-16-12(10)9-5-3-1-2-4-6-9/h9H,1-6H2. The van der Waals surface area contributed by atoms with Crippen LogP contribution in [0.5, 0.6) is 0 Å². The zero-order valence-corrected chi connectivity index (χ0v) is 10.8. The van der Waals surface area contributed by atoms with Crippen molar-refractivity contribution in [3.63, 3.8) is 0 Å².